The van der Waals surface area contributed by atoms with Crippen molar-refractivity contribution in [3.8, 4) is 11.1 Å². The second kappa shape index (κ2) is 4.50. The van der Waals surface area contributed by atoms with Gasteiger partial charge in [-0.2, -0.15) is 0 Å². The average molecular weight is 211 g/mol. The maximum absolute atomic E-state index is 5.72. The zero-order valence-corrected chi connectivity index (χ0v) is 9.83. The van der Waals surface area contributed by atoms with Crippen LogP contribution < -0.4 is 5.73 Å². The van der Waals surface area contributed by atoms with E-state index in [1.165, 1.54) is 27.8 Å². The lowest BCUT2D eigenvalue weighted by Gasteiger charge is -2.10. The van der Waals surface area contributed by atoms with Gasteiger partial charge < -0.3 is 5.73 Å². The molecule has 0 fully saturated rings. The molecule has 0 unspecified atom stereocenters. The molecular formula is C15H17N. The zero-order chi connectivity index (χ0) is 11.5. The van der Waals surface area contributed by atoms with E-state index in [-0.39, 0.29) is 0 Å². The first-order chi connectivity index (χ1) is 7.72. The summed E-state index contributed by atoms with van der Waals surface area (Å²) in [4.78, 5) is 0. The molecule has 2 N–H and O–H groups in total. The van der Waals surface area contributed by atoms with E-state index in [9.17, 15) is 0 Å². The number of aryl methyl sites for hydroxylation is 1. The van der Waals surface area contributed by atoms with Gasteiger partial charge in [-0.05, 0) is 36.1 Å². The van der Waals surface area contributed by atoms with Crippen molar-refractivity contribution in [3.05, 3.63) is 59.2 Å². The van der Waals surface area contributed by atoms with Gasteiger partial charge in [0.2, 0.25) is 0 Å². The van der Waals surface area contributed by atoms with Crippen LogP contribution in [-0.2, 0) is 6.54 Å². The molecule has 2 aromatic carbocycles. The van der Waals surface area contributed by atoms with Crippen molar-refractivity contribution in [1.82, 2.24) is 0 Å². The summed E-state index contributed by atoms with van der Waals surface area (Å²) in [7, 11) is 0. The van der Waals surface area contributed by atoms with Gasteiger partial charge in [-0.3, -0.25) is 0 Å². The Labute approximate surface area is 96.9 Å². The number of rotatable bonds is 2. The van der Waals surface area contributed by atoms with Crippen molar-refractivity contribution in [1.29, 1.82) is 0 Å². The molecule has 0 saturated carbocycles. The fourth-order valence-corrected chi connectivity index (χ4v) is 1.95. The lowest BCUT2D eigenvalue weighted by Crippen LogP contribution is -1.99. The third-order valence-electron chi connectivity index (χ3n) is 3.03. The molecule has 0 aliphatic heterocycles. The fourth-order valence-electron chi connectivity index (χ4n) is 1.95. The minimum atomic E-state index is 0.603. The van der Waals surface area contributed by atoms with Crippen molar-refractivity contribution < 1.29 is 0 Å². The Balaban J connectivity index is 2.51. The molecule has 2 rings (SSSR count). The van der Waals surface area contributed by atoms with Crippen LogP contribution in [0.4, 0.5) is 0 Å². The molecule has 0 bridgehead atoms. The summed E-state index contributed by atoms with van der Waals surface area (Å²) in [6.07, 6.45) is 0. The van der Waals surface area contributed by atoms with Crippen LogP contribution in [-0.4, -0.2) is 0 Å². The predicted octanol–water partition coefficient (Wildman–Crippen LogP) is 3.43. The topological polar surface area (TPSA) is 26.0 Å². The number of hydrogen-bond acceptors (Lipinski definition) is 1. The maximum atomic E-state index is 5.72. The Morgan fingerprint density at radius 2 is 1.62 bits per heavy atom. The van der Waals surface area contributed by atoms with E-state index in [4.69, 9.17) is 5.73 Å². The molecular weight excluding hydrogens is 194 g/mol. The fraction of sp³-hybridized carbons (Fsp3) is 0.200. The molecule has 0 aliphatic rings. The molecule has 0 radical (unpaired) electrons. The molecule has 0 heterocycles. The molecule has 0 aromatic heterocycles. The van der Waals surface area contributed by atoms with Gasteiger partial charge in [-0.1, -0.05) is 48.0 Å². The molecule has 16 heavy (non-hydrogen) atoms. The highest BCUT2D eigenvalue weighted by atomic mass is 14.5. The molecule has 0 aliphatic carbocycles. The predicted molar refractivity (Wildman–Crippen MR) is 69.2 cm³/mol. The summed E-state index contributed by atoms with van der Waals surface area (Å²) in [5.74, 6) is 0. The first-order valence-electron chi connectivity index (χ1n) is 5.58. The molecule has 1 heteroatoms. The minimum Gasteiger partial charge on any atom is -0.326 e. The van der Waals surface area contributed by atoms with Gasteiger partial charge in [0.1, 0.15) is 0 Å². The van der Waals surface area contributed by atoms with Gasteiger partial charge >= 0.3 is 0 Å². The van der Waals surface area contributed by atoms with Crippen molar-refractivity contribution in [2.75, 3.05) is 0 Å². The van der Waals surface area contributed by atoms with Crippen LogP contribution >= 0.6 is 0 Å². The summed E-state index contributed by atoms with van der Waals surface area (Å²) < 4.78 is 0. The first-order valence-corrected chi connectivity index (χ1v) is 5.58. The van der Waals surface area contributed by atoms with E-state index in [1.807, 2.05) is 0 Å². The van der Waals surface area contributed by atoms with Crippen LogP contribution in [0.1, 0.15) is 16.7 Å². The highest BCUT2D eigenvalue weighted by Crippen LogP contribution is 2.25. The second-order valence-corrected chi connectivity index (χ2v) is 4.16. The normalized spacial score (nSPS) is 10.4. The summed E-state index contributed by atoms with van der Waals surface area (Å²) in [5.41, 5.74) is 12.1. The molecule has 1 nitrogen and oxygen atoms in total. The SMILES string of the molecule is Cc1ccc(-c2cccc(CN)c2C)cc1. The quantitative estimate of drug-likeness (QED) is 0.809. The van der Waals surface area contributed by atoms with Gasteiger partial charge in [0.25, 0.3) is 0 Å². The van der Waals surface area contributed by atoms with Gasteiger partial charge in [0.15, 0.2) is 0 Å². The van der Waals surface area contributed by atoms with Gasteiger partial charge in [-0.15, -0.1) is 0 Å². The van der Waals surface area contributed by atoms with Crippen molar-refractivity contribution in [2.24, 2.45) is 5.73 Å². The van der Waals surface area contributed by atoms with E-state index < -0.39 is 0 Å². The molecule has 0 amide bonds. The van der Waals surface area contributed by atoms with Gasteiger partial charge in [0.05, 0.1) is 0 Å². The summed E-state index contributed by atoms with van der Waals surface area (Å²) in [6.45, 7) is 4.84. The zero-order valence-electron chi connectivity index (χ0n) is 9.83. The van der Waals surface area contributed by atoms with Crippen molar-refractivity contribution in [3.63, 3.8) is 0 Å². The van der Waals surface area contributed by atoms with Crippen LogP contribution in [0, 0.1) is 13.8 Å². The highest BCUT2D eigenvalue weighted by Gasteiger charge is 2.04. The average Bonchev–Trinajstić information content (AvgIpc) is 2.31. The van der Waals surface area contributed by atoms with Gasteiger partial charge in [-0.25, -0.2) is 0 Å². The second-order valence-electron chi connectivity index (χ2n) is 4.16. The Bertz CT molecular complexity index is 483. The smallest absolute Gasteiger partial charge is 0.0180 e. The third-order valence-corrected chi connectivity index (χ3v) is 3.03. The summed E-state index contributed by atoms with van der Waals surface area (Å²) in [5, 5.41) is 0. The molecule has 0 spiro atoms. The summed E-state index contributed by atoms with van der Waals surface area (Å²) >= 11 is 0. The third kappa shape index (κ3) is 2.00. The Kier molecular flexibility index (Phi) is 3.07. The van der Waals surface area contributed by atoms with E-state index in [2.05, 4.69) is 56.3 Å². The molecule has 0 saturated heterocycles. The van der Waals surface area contributed by atoms with Gasteiger partial charge in [0, 0.05) is 6.54 Å². The van der Waals surface area contributed by atoms with Crippen LogP contribution in [0.2, 0.25) is 0 Å². The highest BCUT2D eigenvalue weighted by molar-refractivity contribution is 5.68. The Hall–Kier alpha value is -1.60. The minimum absolute atomic E-state index is 0.603. The first kappa shape index (κ1) is 10.9. The number of nitrogens with two attached hydrogens (primary N) is 1. The standard InChI is InChI=1S/C15H17N/c1-11-6-8-13(9-7-11)15-5-3-4-14(10-16)12(15)2/h3-9H,10,16H2,1-2H3. The van der Waals surface area contributed by atoms with E-state index in [0.29, 0.717) is 6.54 Å². The Morgan fingerprint density at radius 1 is 0.938 bits per heavy atom. The molecule has 0 atom stereocenters. The summed E-state index contributed by atoms with van der Waals surface area (Å²) in [6, 6.07) is 14.9. The van der Waals surface area contributed by atoms with Crippen LogP contribution in [0.3, 0.4) is 0 Å². The molecule has 2 aromatic rings. The lowest BCUT2D eigenvalue weighted by atomic mass is 9.96. The lowest BCUT2D eigenvalue weighted by molar-refractivity contribution is 1.05. The largest absolute Gasteiger partial charge is 0.326 e. The monoisotopic (exact) mass is 211 g/mol. The maximum Gasteiger partial charge on any atom is 0.0180 e. The molecule has 82 valence electrons. The van der Waals surface area contributed by atoms with Crippen LogP contribution in [0.15, 0.2) is 42.5 Å². The van der Waals surface area contributed by atoms with Crippen LogP contribution in [0.25, 0.3) is 11.1 Å². The number of hydrogen-bond donors (Lipinski definition) is 1. The van der Waals surface area contributed by atoms with E-state index >= 15 is 0 Å². The van der Waals surface area contributed by atoms with E-state index in [0.717, 1.165) is 0 Å². The van der Waals surface area contributed by atoms with Crippen molar-refractivity contribution >= 4 is 0 Å². The van der Waals surface area contributed by atoms with Crippen molar-refractivity contribution in [2.45, 2.75) is 20.4 Å². The van der Waals surface area contributed by atoms with E-state index in [1.54, 1.807) is 0 Å². The Morgan fingerprint density at radius 3 is 2.25 bits per heavy atom. The number of benzene rings is 2. The van der Waals surface area contributed by atoms with Crippen LogP contribution in [0.5, 0.6) is 0 Å².